The number of rotatable bonds is 1. The summed E-state index contributed by atoms with van der Waals surface area (Å²) in [5.74, 6) is -0.318. The second-order valence-corrected chi connectivity index (χ2v) is 2.68. The molecule has 0 atom stereocenters. The maximum atomic E-state index is 13.1. The standard InChI is InChI=1S/C9H8FNO/c10-8-4-6(5-12)3-7-1-2-11-9(7)8/h1-4,11-12H,5H2. The fourth-order valence-corrected chi connectivity index (χ4v) is 1.28. The zero-order valence-electron chi connectivity index (χ0n) is 6.34. The molecular weight excluding hydrogens is 157 g/mol. The molecule has 0 spiro atoms. The summed E-state index contributed by atoms with van der Waals surface area (Å²) in [6, 6.07) is 4.87. The number of aromatic nitrogens is 1. The van der Waals surface area contributed by atoms with Crippen molar-refractivity contribution < 1.29 is 9.50 Å². The third-order valence-electron chi connectivity index (χ3n) is 1.85. The fourth-order valence-electron chi connectivity index (χ4n) is 1.28. The Morgan fingerprint density at radius 1 is 1.42 bits per heavy atom. The maximum Gasteiger partial charge on any atom is 0.147 e. The second-order valence-electron chi connectivity index (χ2n) is 2.68. The number of hydrogen-bond acceptors (Lipinski definition) is 1. The van der Waals surface area contributed by atoms with Crippen LogP contribution in [-0.4, -0.2) is 10.1 Å². The van der Waals surface area contributed by atoms with Gasteiger partial charge in [-0.3, -0.25) is 0 Å². The SMILES string of the molecule is OCc1cc(F)c2[nH]ccc2c1. The molecule has 1 heterocycles. The predicted molar refractivity (Wildman–Crippen MR) is 44.2 cm³/mol. The van der Waals surface area contributed by atoms with E-state index < -0.39 is 0 Å². The number of aliphatic hydroxyl groups is 1. The van der Waals surface area contributed by atoms with E-state index in [1.54, 1.807) is 18.3 Å². The summed E-state index contributed by atoms with van der Waals surface area (Å²) in [5.41, 5.74) is 1.09. The van der Waals surface area contributed by atoms with Gasteiger partial charge in [-0.05, 0) is 23.8 Å². The Hall–Kier alpha value is -1.35. The lowest BCUT2D eigenvalue weighted by atomic mass is 10.1. The van der Waals surface area contributed by atoms with Crippen LogP contribution < -0.4 is 0 Å². The molecule has 0 bridgehead atoms. The van der Waals surface area contributed by atoms with E-state index in [2.05, 4.69) is 4.98 Å². The van der Waals surface area contributed by atoms with Gasteiger partial charge in [0.15, 0.2) is 0 Å². The number of aromatic amines is 1. The van der Waals surface area contributed by atoms with Gasteiger partial charge in [-0.25, -0.2) is 4.39 Å². The summed E-state index contributed by atoms with van der Waals surface area (Å²) in [7, 11) is 0. The number of hydrogen-bond donors (Lipinski definition) is 2. The van der Waals surface area contributed by atoms with E-state index in [0.717, 1.165) is 5.39 Å². The van der Waals surface area contributed by atoms with Crippen molar-refractivity contribution in [1.29, 1.82) is 0 Å². The first kappa shape index (κ1) is 7.31. The van der Waals surface area contributed by atoms with Crippen LogP contribution in [-0.2, 0) is 6.61 Å². The molecule has 2 N–H and O–H groups in total. The van der Waals surface area contributed by atoms with E-state index in [4.69, 9.17) is 5.11 Å². The molecule has 1 aromatic carbocycles. The monoisotopic (exact) mass is 165 g/mol. The van der Waals surface area contributed by atoms with Crippen LogP contribution in [0.3, 0.4) is 0 Å². The Morgan fingerprint density at radius 3 is 3.00 bits per heavy atom. The minimum absolute atomic E-state index is 0.127. The number of benzene rings is 1. The van der Waals surface area contributed by atoms with Gasteiger partial charge in [-0.1, -0.05) is 0 Å². The average Bonchev–Trinajstić information content (AvgIpc) is 2.52. The minimum Gasteiger partial charge on any atom is -0.392 e. The summed E-state index contributed by atoms with van der Waals surface area (Å²) in [5, 5.41) is 9.57. The number of aliphatic hydroxyl groups excluding tert-OH is 1. The molecule has 0 aliphatic heterocycles. The van der Waals surface area contributed by atoms with Crippen LogP contribution in [0.5, 0.6) is 0 Å². The van der Waals surface area contributed by atoms with E-state index >= 15 is 0 Å². The molecule has 0 aliphatic rings. The van der Waals surface area contributed by atoms with Crippen LogP contribution in [0, 0.1) is 5.82 Å². The van der Waals surface area contributed by atoms with E-state index in [-0.39, 0.29) is 12.4 Å². The number of fused-ring (bicyclic) bond motifs is 1. The third kappa shape index (κ3) is 0.987. The van der Waals surface area contributed by atoms with Gasteiger partial charge < -0.3 is 10.1 Å². The average molecular weight is 165 g/mol. The normalized spacial score (nSPS) is 10.8. The van der Waals surface area contributed by atoms with Crippen LogP contribution in [0.25, 0.3) is 10.9 Å². The van der Waals surface area contributed by atoms with Gasteiger partial charge >= 0.3 is 0 Å². The molecule has 2 rings (SSSR count). The minimum atomic E-state index is -0.318. The molecule has 1 aromatic heterocycles. The van der Waals surface area contributed by atoms with Crippen LogP contribution in [0.2, 0.25) is 0 Å². The summed E-state index contributed by atoms with van der Waals surface area (Å²) in [6.07, 6.45) is 1.68. The Balaban J connectivity index is 2.75. The molecule has 62 valence electrons. The van der Waals surface area contributed by atoms with Crippen LogP contribution in [0.1, 0.15) is 5.56 Å². The van der Waals surface area contributed by atoms with Gasteiger partial charge in [0.25, 0.3) is 0 Å². The van der Waals surface area contributed by atoms with Crippen LogP contribution in [0.15, 0.2) is 24.4 Å². The van der Waals surface area contributed by atoms with Crippen molar-refractivity contribution in [3.8, 4) is 0 Å². The highest BCUT2D eigenvalue weighted by Crippen LogP contribution is 2.18. The Bertz CT molecular complexity index is 408. The first-order valence-corrected chi connectivity index (χ1v) is 3.67. The quantitative estimate of drug-likeness (QED) is 0.664. The summed E-state index contributed by atoms with van der Waals surface area (Å²) in [6.45, 7) is -0.127. The maximum absolute atomic E-state index is 13.1. The fraction of sp³-hybridized carbons (Fsp3) is 0.111. The molecule has 3 heteroatoms. The second kappa shape index (κ2) is 2.60. The Morgan fingerprint density at radius 2 is 2.25 bits per heavy atom. The lowest BCUT2D eigenvalue weighted by Crippen LogP contribution is -1.85. The summed E-state index contributed by atoms with van der Waals surface area (Å²) in [4.78, 5) is 2.78. The highest BCUT2D eigenvalue weighted by atomic mass is 19.1. The van der Waals surface area contributed by atoms with Crippen molar-refractivity contribution in [1.82, 2.24) is 4.98 Å². The molecule has 12 heavy (non-hydrogen) atoms. The molecule has 0 radical (unpaired) electrons. The van der Waals surface area contributed by atoms with Crippen molar-refractivity contribution in [3.05, 3.63) is 35.8 Å². The molecule has 2 nitrogen and oxygen atoms in total. The molecule has 0 saturated carbocycles. The highest BCUT2D eigenvalue weighted by Gasteiger charge is 2.02. The third-order valence-corrected chi connectivity index (χ3v) is 1.85. The van der Waals surface area contributed by atoms with Gasteiger partial charge in [0.05, 0.1) is 12.1 Å². The molecule has 0 amide bonds. The molecule has 0 saturated heterocycles. The zero-order chi connectivity index (χ0) is 8.55. The topological polar surface area (TPSA) is 36.0 Å². The molecule has 0 unspecified atom stereocenters. The lowest BCUT2D eigenvalue weighted by molar-refractivity contribution is 0.281. The number of nitrogens with one attached hydrogen (secondary N) is 1. The smallest absolute Gasteiger partial charge is 0.147 e. The lowest BCUT2D eigenvalue weighted by Gasteiger charge is -1.97. The Kier molecular flexibility index (Phi) is 1.59. The van der Waals surface area contributed by atoms with Crippen molar-refractivity contribution in [2.75, 3.05) is 0 Å². The van der Waals surface area contributed by atoms with Crippen molar-refractivity contribution >= 4 is 10.9 Å². The van der Waals surface area contributed by atoms with Crippen LogP contribution in [0.4, 0.5) is 4.39 Å². The van der Waals surface area contributed by atoms with Crippen molar-refractivity contribution in [3.63, 3.8) is 0 Å². The van der Waals surface area contributed by atoms with E-state index in [1.165, 1.54) is 6.07 Å². The van der Waals surface area contributed by atoms with E-state index in [9.17, 15) is 4.39 Å². The first-order valence-electron chi connectivity index (χ1n) is 3.67. The van der Waals surface area contributed by atoms with Gasteiger partial charge in [-0.2, -0.15) is 0 Å². The largest absolute Gasteiger partial charge is 0.392 e. The van der Waals surface area contributed by atoms with Gasteiger partial charge in [0, 0.05) is 11.6 Å². The van der Waals surface area contributed by atoms with Crippen molar-refractivity contribution in [2.24, 2.45) is 0 Å². The Labute approximate surface area is 68.6 Å². The van der Waals surface area contributed by atoms with E-state index in [0.29, 0.717) is 11.1 Å². The highest BCUT2D eigenvalue weighted by molar-refractivity contribution is 5.80. The first-order chi connectivity index (χ1) is 5.81. The molecule has 0 aliphatic carbocycles. The van der Waals surface area contributed by atoms with Gasteiger partial charge in [0.1, 0.15) is 5.82 Å². The molecule has 0 fully saturated rings. The summed E-state index contributed by atoms with van der Waals surface area (Å²) < 4.78 is 13.1. The molecular formula is C9H8FNO. The van der Waals surface area contributed by atoms with Crippen molar-refractivity contribution in [2.45, 2.75) is 6.61 Å². The summed E-state index contributed by atoms with van der Waals surface area (Å²) >= 11 is 0. The van der Waals surface area contributed by atoms with Gasteiger partial charge in [-0.15, -0.1) is 0 Å². The zero-order valence-corrected chi connectivity index (χ0v) is 6.34. The van der Waals surface area contributed by atoms with E-state index in [1.807, 2.05) is 0 Å². The number of H-pyrrole nitrogens is 1. The molecule has 2 aromatic rings. The number of halogens is 1. The van der Waals surface area contributed by atoms with Crippen LogP contribution >= 0.6 is 0 Å². The predicted octanol–water partition coefficient (Wildman–Crippen LogP) is 1.80. The van der Waals surface area contributed by atoms with Gasteiger partial charge in [0.2, 0.25) is 0 Å².